The molecule has 2 atom stereocenters. The smallest absolute Gasteiger partial charge is 0.119 e. The summed E-state index contributed by atoms with van der Waals surface area (Å²) in [5, 5.41) is 11.2. The molecule has 0 bridgehead atoms. The molecule has 1 fully saturated rings. The van der Waals surface area contributed by atoms with E-state index in [9.17, 15) is 5.11 Å². The van der Waals surface area contributed by atoms with Crippen LogP contribution in [-0.2, 0) is 5.60 Å². The van der Waals surface area contributed by atoms with E-state index in [1.807, 2.05) is 38.1 Å². The Balaban J connectivity index is 0.00000106. The van der Waals surface area contributed by atoms with E-state index in [2.05, 4.69) is 19.0 Å². The van der Waals surface area contributed by atoms with Gasteiger partial charge in [-0.15, -0.1) is 0 Å². The lowest BCUT2D eigenvalue weighted by molar-refractivity contribution is -0.0619. The third kappa shape index (κ3) is 4.45. The lowest BCUT2D eigenvalue weighted by Gasteiger charge is -2.41. The molecule has 0 aromatic heterocycles. The van der Waals surface area contributed by atoms with Crippen molar-refractivity contribution in [2.24, 2.45) is 5.92 Å². The number of methoxy groups -OCH3 is 1. The molecule has 120 valence electrons. The zero-order valence-electron chi connectivity index (χ0n) is 14.2. The van der Waals surface area contributed by atoms with Crippen LogP contribution >= 0.6 is 0 Å². The highest BCUT2D eigenvalue weighted by atomic mass is 16.5. The molecule has 1 saturated carbocycles. The second-order valence-electron chi connectivity index (χ2n) is 5.86. The Morgan fingerprint density at radius 1 is 1.29 bits per heavy atom. The van der Waals surface area contributed by atoms with Gasteiger partial charge in [-0.1, -0.05) is 38.8 Å². The fourth-order valence-corrected chi connectivity index (χ4v) is 3.18. The van der Waals surface area contributed by atoms with E-state index < -0.39 is 5.60 Å². The summed E-state index contributed by atoms with van der Waals surface area (Å²) in [5.41, 5.74) is 0.287. The van der Waals surface area contributed by atoms with Crippen LogP contribution in [0.2, 0.25) is 0 Å². The Labute approximate surface area is 129 Å². The molecule has 0 radical (unpaired) electrons. The molecule has 1 aliphatic rings. The first-order valence-corrected chi connectivity index (χ1v) is 8.08. The molecule has 3 heteroatoms. The summed E-state index contributed by atoms with van der Waals surface area (Å²) in [6.07, 6.45) is 4.24. The summed E-state index contributed by atoms with van der Waals surface area (Å²) < 4.78 is 5.29. The first-order valence-electron chi connectivity index (χ1n) is 8.08. The summed E-state index contributed by atoms with van der Waals surface area (Å²) in [6.45, 7) is 4.92. The van der Waals surface area contributed by atoms with Crippen molar-refractivity contribution < 1.29 is 9.84 Å². The van der Waals surface area contributed by atoms with Gasteiger partial charge in [0.25, 0.3) is 0 Å². The van der Waals surface area contributed by atoms with Gasteiger partial charge in [0.2, 0.25) is 0 Å². The van der Waals surface area contributed by atoms with Gasteiger partial charge in [-0.05, 0) is 44.6 Å². The Kier molecular flexibility index (Phi) is 7.20. The maximum Gasteiger partial charge on any atom is 0.119 e. The van der Waals surface area contributed by atoms with Crippen molar-refractivity contribution in [3.8, 4) is 5.75 Å². The summed E-state index contributed by atoms with van der Waals surface area (Å²) in [4.78, 5) is 2.17. The molecule has 0 saturated heterocycles. The number of ether oxygens (including phenoxy) is 1. The summed E-state index contributed by atoms with van der Waals surface area (Å²) in [6, 6.07) is 7.90. The highest BCUT2D eigenvalue weighted by Crippen LogP contribution is 2.42. The number of nitrogens with zero attached hydrogens (tertiary/aromatic N) is 1. The first kappa shape index (κ1) is 18.0. The van der Waals surface area contributed by atoms with Crippen LogP contribution in [0.4, 0.5) is 0 Å². The van der Waals surface area contributed by atoms with Crippen molar-refractivity contribution in [3.63, 3.8) is 0 Å². The first-order chi connectivity index (χ1) is 10.1. The zero-order chi connectivity index (χ0) is 15.9. The van der Waals surface area contributed by atoms with E-state index >= 15 is 0 Å². The van der Waals surface area contributed by atoms with Crippen LogP contribution < -0.4 is 4.74 Å². The second-order valence-corrected chi connectivity index (χ2v) is 5.86. The van der Waals surface area contributed by atoms with Crippen molar-refractivity contribution >= 4 is 0 Å². The highest BCUT2D eigenvalue weighted by molar-refractivity contribution is 5.33. The lowest BCUT2D eigenvalue weighted by Crippen LogP contribution is -2.43. The fraction of sp³-hybridized carbons (Fsp3) is 0.667. The maximum absolute atomic E-state index is 11.2. The molecule has 0 unspecified atom stereocenters. The normalized spacial score (nSPS) is 25.2. The van der Waals surface area contributed by atoms with Crippen molar-refractivity contribution in [1.29, 1.82) is 0 Å². The van der Waals surface area contributed by atoms with Crippen LogP contribution in [0.1, 0.15) is 45.1 Å². The Morgan fingerprint density at radius 2 is 2.00 bits per heavy atom. The van der Waals surface area contributed by atoms with Crippen LogP contribution in [0.3, 0.4) is 0 Å². The Morgan fingerprint density at radius 3 is 2.62 bits per heavy atom. The van der Waals surface area contributed by atoms with Gasteiger partial charge in [0, 0.05) is 12.5 Å². The van der Waals surface area contributed by atoms with E-state index in [-0.39, 0.29) is 0 Å². The second kappa shape index (κ2) is 8.40. The summed E-state index contributed by atoms with van der Waals surface area (Å²) >= 11 is 0. The third-order valence-corrected chi connectivity index (χ3v) is 4.19. The molecule has 0 spiro atoms. The molecule has 1 aromatic carbocycles. The van der Waals surface area contributed by atoms with E-state index in [4.69, 9.17) is 4.74 Å². The van der Waals surface area contributed by atoms with E-state index in [0.29, 0.717) is 5.92 Å². The average Bonchev–Trinajstić information content (AvgIpc) is 2.51. The van der Waals surface area contributed by atoms with Crippen LogP contribution in [0.15, 0.2) is 24.3 Å². The molecule has 21 heavy (non-hydrogen) atoms. The predicted octanol–water partition coefficient (Wildman–Crippen LogP) is 3.66. The molecule has 1 aromatic rings. The topological polar surface area (TPSA) is 32.7 Å². The quantitative estimate of drug-likeness (QED) is 0.919. The number of benzene rings is 1. The molecule has 0 amide bonds. The van der Waals surface area contributed by atoms with E-state index in [1.165, 1.54) is 6.42 Å². The number of hydrogen-bond donors (Lipinski definition) is 1. The van der Waals surface area contributed by atoms with Crippen LogP contribution in [0.5, 0.6) is 5.75 Å². The van der Waals surface area contributed by atoms with Gasteiger partial charge in [-0.25, -0.2) is 0 Å². The molecule has 1 aliphatic carbocycles. The van der Waals surface area contributed by atoms with Crippen molar-refractivity contribution in [2.45, 2.75) is 45.1 Å². The van der Waals surface area contributed by atoms with Crippen molar-refractivity contribution in [1.82, 2.24) is 4.90 Å². The van der Waals surface area contributed by atoms with Crippen LogP contribution in [0, 0.1) is 5.92 Å². The van der Waals surface area contributed by atoms with Gasteiger partial charge >= 0.3 is 0 Å². The standard InChI is InChI=1S/C16H25NO2.C2H6/c1-17(2)12-14-7-4-5-10-16(14,18)13-8-6-9-15(11-13)19-3;1-2/h6,8-9,11,14,18H,4-5,7,10,12H2,1-3H3;1-2H3/t14-,16+;/m0./s1. The highest BCUT2D eigenvalue weighted by Gasteiger charge is 2.40. The number of aliphatic hydroxyl groups is 1. The van der Waals surface area contributed by atoms with E-state index in [0.717, 1.165) is 37.1 Å². The van der Waals surface area contributed by atoms with Gasteiger partial charge < -0.3 is 14.7 Å². The number of hydrogen-bond acceptors (Lipinski definition) is 3. The largest absolute Gasteiger partial charge is 0.497 e. The minimum Gasteiger partial charge on any atom is -0.497 e. The maximum atomic E-state index is 11.2. The molecule has 0 heterocycles. The molecule has 1 N–H and O–H groups in total. The molecular formula is C18H31NO2. The van der Waals surface area contributed by atoms with Crippen molar-refractivity contribution in [2.75, 3.05) is 27.7 Å². The molecule has 3 nitrogen and oxygen atoms in total. The van der Waals surface area contributed by atoms with Gasteiger partial charge in [-0.3, -0.25) is 0 Å². The summed E-state index contributed by atoms with van der Waals surface area (Å²) in [5.74, 6) is 1.11. The van der Waals surface area contributed by atoms with Crippen LogP contribution in [0.25, 0.3) is 0 Å². The van der Waals surface area contributed by atoms with Crippen LogP contribution in [-0.4, -0.2) is 37.8 Å². The Hall–Kier alpha value is -1.06. The SMILES string of the molecule is CC.COc1cccc([C@]2(O)CCCC[C@H]2CN(C)C)c1. The minimum atomic E-state index is -0.711. The van der Waals surface area contributed by atoms with Gasteiger partial charge in [-0.2, -0.15) is 0 Å². The average molecular weight is 293 g/mol. The van der Waals surface area contributed by atoms with Gasteiger partial charge in [0.1, 0.15) is 5.75 Å². The number of rotatable bonds is 4. The zero-order valence-corrected chi connectivity index (χ0v) is 14.2. The molecule has 2 rings (SSSR count). The molecular weight excluding hydrogens is 262 g/mol. The molecule has 0 aliphatic heterocycles. The van der Waals surface area contributed by atoms with Crippen molar-refractivity contribution in [3.05, 3.63) is 29.8 Å². The monoisotopic (exact) mass is 293 g/mol. The fourth-order valence-electron chi connectivity index (χ4n) is 3.18. The van der Waals surface area contributed by atoms with E-state index in [1.54, 1.807) is 7.11 Å². The summed E-state index contributed by atoms with van der Waals surface area (Å²) in [7, 11) is 5.81. The third-order valence-electron chi connectivity index (χ3n) is 4.19. The predicted molar refractivity (Wildman–Crippen MR) is 88.8 cm³/mol. The van der Waals surface area contributed by atoms with Gasteiger partial charge in [0.15, 0.2) is 0 Å². The lowest BCUT2D eigenvalue weighted by atomic mass is 9.71. The minimum absolute atomic E-state index is 0.295. The van der Waals surface area contributed by atoms with Gasteiger partial charge in [0.05, 0.1) is 12.7 Å². The Bertz CT molecular complexity index is 419.